The Balaban J connectivity index is 1.95. The molecule has 1 amide bonds. The molecule has 0 bridgehead atoms. The van der Waals surface area contributed by atoms with Crippen molar-refractivity contribution in [3.8, 4) is 0 Å². The molecule has 0 aliphatic heterocycles. The molecule has 1 aliphatic rings. The van der Waals surface area contributed by atoms with Gasteiger partial charge in [0.1, 0.15) is 5.69 Å². The van der Waals surface area contributed by atoms with Gasteiger partial charge in [-0.05, 0) is 37.2 Å². The predicted molar refractivity (Wildman–Crippen MR) is 84.6 cm³/mol. The summed E-state index contributed by atoms with van der Waals surface area (Å²) in [6.45, 7) is 3.72. The van der Waals surface area contributed by atoms with Crippen LogP contribution in [0.5, 0.6) is 0 Å². The van der Waals surface area contributed by atoms with Gasteiger partial charge in [0.25, 0.3) is 5.91 Å². The molecular formula is C16H25ClN2O2. The van der Waals surface area contributed by atoms with E-state index in [2.05, 4.69) is 12.2 Å². The first-order chi connectivity index (χ1) is 10.2. The molecule has 21 heavy (non-hydrogen) atoms. The van der Waals surface area contributed by atoms with Crippen LogP contribution in [0.3, 0.4) is 0 Å². The second-order valence-corrected chi connectivity index (χ2v) is 6.37. The number of aromatic nitrogens is 1. The molecule has 1 heterocycles. The molecule has 4 nitrogen and oxygen atoms in total. The molecule has 1 aromatic rings. The van der Waals surface area contributed by atoms with Crippen molar-refractivity contribution in [1.29, 1.82) is 0 Å². The van der Waals surface area contributed by atoms with Gasteiger partial charge >= 0.3 is 0 Å². The van der Waals surface area contributed by atoms with E-state index in [0.717, 1.165) is 25.8 Å². The fraction of sp³-hybridized carbons (Fsp3) is 0.688. The lowest BCUT2D eigenvalue weighted by molar-refractivity contribution is 0.0900. The number of nitrogens with zero attached hydrogens (tertiary/aromatic N) is 1. The first kappa shape index (κ1) is 16.4. The van der Waals surface area contributed by atoms with Gasteiger partial charge in [-0.3, -0.25) is 4.79 Å². The SMILES string of the molecule is CCCn1cc(Cl)cc1C(=O)NCC1CCCCC1CO. The molecule has 2 rings (SSSR count). The summed E-state index contributed by atoms with van der Waals surface area (Å²) in [5.41, 5.74) is 0.623. The van der Waals surface area contributed by atoms with E-state index >= 15 is 0 Å². The summed E-state index contributed by atoms with van der Waals surface area (Å²) >= 11 is 6.01. The predicted octanol–water partition coefficient (Wildman–Crippen LogP) is 3.08. The van der Waals surface area contributed by atoms with Gasteiger partial charge in [0, 0.05) is 25.9 Å². The summed E-state index contributed by atoms with van der Waals surface area (Å²) in [5, 5.41) is 13.0. The van der Waals surface area contributed by atoms with E-state index in [1.165, 1.54) is 12.8 Å². The van der Waals surface area contributed by atoms with Crippen molar-refractivity contribution in [2.45, 2.75) is 45.6 Å². The summed E-state index contributed by atoms with van der Waals surface area (Å²) in [6.07, 6.45) is 7.29. The molecule has 1 aliphatic carbocycles. The highest BCUT2D eigenvalue weighted by atomic mass is 35.5. The molecule has 5 heteroatoms. The van der Waals surface area contributed by atoms with Crippen LogP contribution in [0, 0.1) is 11.8 Å². The number of carbonyl (C=O) groups is 1. The van der Waals surface area contributed by atoms with Gasteiger partial charge in [-0.2, -0.15) is 0 Å². The summed E-state index contributed by atoms with van der Waals surface area (Å²) in [7, 11) is 0. The molecule has 118 valence electrons. The van der Waals surface area contributed by atoms with E-state index in [-0.39, 0.29) is 12.5 Å². The monoisotopic (exact) mass is 312 g/mol. The van der Waals surface area contributed by atoms with Crippen LogP contribution < -0.4 is 5.32 Å². The van der Waals surface area contributed by atoms with Crippen molar-refractivity contribution < 1.29 is 9.90 Å². The summed E-state index contributed by atoms with van der Waals surface area (Å²) in [4.78, 5) is 12.3. The Morgan fingerprint density at radius 2 is 2.14 bits per heavy atom. The number of hydrogen-bond acceptors (Lipinski definition) is 2. The van der Waals surface area contributed by atoms with E-state index in [0.29, 0.717) is 29.1 Å². The van der Waals surface area contributed by atoms with Crippen LogP contribution in [0.4, 0.5) is 0 Å². The molecule has 0 spiro atoms. The minimum atomic E-state index is -0.0717. The zero-order chi connectivity index (χ0) is 15.2. The van der Waals surface area contributed by atoms with E-state index in [1.54, 1.807) is 12.3 Å². The molecule has 1 aromatic heterocycles. The molecule has 0 saturated heterocycles. The number of nitrogens with one attached hydrogen (secondary N) is 1. The lowest BCUT2D eigenvalue weighted by Crippen LogP contribution is -2.36. The smallest absolute Gasteiger partial charge is 0.267 e. The maximum atomic E-state index is 12.3. The highest BCUT2D eigenvalue weighted by molar-refractivity contribution is 6.31. The van der Waals surface area contributed by atoms with Crippen molar-refractivity contribution in [2.24, 2.45) is 11.8 Å². The lowest BCUT2D eigenvalue weighted by Gasteiger charge is -2.30. The van der Waals surface area contributed by atoms with Crippen LogP contribution in [-0.4, -0.2) is 28.7 Å². The molecule has 2 N–H and O–H groups in total. The second-order valence-electron chi connectivity index (χ2n) is 5.93. The summed E-state index contributed by atoms with van der Waals surface area (Å²) < 4.78 is 1.90. The Bertz CT molecular complexity index is 473. The number of amides is 1. The maximum Gasteiger partial charge on any atom is 0.267 e. The Hall–Kier alpha value is -1.00. The standard InChI is InChI=1S/C16H25ClN2O2/c1-2-7-19-10-14(17)8-15(19)16(21)18-9-12-5-3-4-6-13(12)11-20/h8,10,12-13,20H,2-7,9,11H2,1H3,(H,18,21). The van der Waals surface area contributed by atoms with Gasteiger partial charge in [-0.25, -0.2) is 0 Å². The van der Waals surface area contributed by atoms with Crippen molar-refractivity contribution in [3.05, 3.63) is 23.0 Å². The molecule has 0 radical (unpaired) electrons. The quantitative estimate of drug-likeness (QED) is 0.848. The van der Waals surface area contributed by atoms with Gasteiger partial charge in [-0.1, -0.05) is 31.4 Å². The van der Waals surface area contributed by atoms with Crippen LogP contribution in [0.1, 0.15) is 49.5 Å². The maximum absolute atomic E-state index is 12.3. The Morgan fingerprint density at radius 3 is 2.81 bits per heavy atom. The zero-order valence-electron chi connectivity index (χ0n) is 12.6. The molecule has 2 atom stereocenters. The molecular weight excluding hydrogens is 288 g/mol. The summed E-state index contributed by atoms with van der Waals surface area (Å²) in [6, 6.07) is 1.72. The van der Waals surface area contributed by atoms with Crippen molar-refractivity contribution in [3.63, 3.8) is 0 Å². The minimum absolute atomic E-state index is 0.0717. The molecule has 1 fully saturated rings. The number of hydrogen-bond donors (Lipinski definition) is 2. The highest BCUT2D eigenvalue weighted by Crippen LogP contribution is 2.29. The first-order valence-electron chi connectivity index (χ1n) is 7.90. The largest absolute Gasteiger partial charge is 0.396 e. The third kappa shape index (κ3) is 4.24. The van der Waals surface area contributed by atoms with E-state index < -0.39 is 0 Å². The number of rotatable bonds is 6. The van der Waals surface area contributed by atoms with Gasteiger partial charge < -0.3 is 15.0 Å². The highest BCUT2D eigenvalue weighted by Gasteiger charge is 2.25. The number of aliphatic hydroxyl groups is 1. The van der Waals surface area contributed by atoms with Crippen LogP contribution >= 0.6 is 11.6 Å². The van der Waals surface area contributed by atoms with E-state index in [4.69, 9.17) is 11.6 Å². The fourth-order valence-corrected chi connectivity index (χ4v) is 3.42. The molecule has 2 unspecified atom stereocenters. The first-order valence-corrected chi connectivity index (χ1v) is 8.28. The Morgan fingerprint density at radius 1 is 1.43 bits per heavy atom. The topological polar surface area (TPSA) is 54.3 Å². The van der Waals surface area contributed by atoms with Crippen molar-refractivity contribution in [2.75, 3.05) is 13.2 Å². The van der Waals surface area contributed by atoms with Crippen molar-refractivity contribution >= 4 is 17.5 Å². The van der Waals surface area contributed by atoms with E-state index in [1.807, 2.05) is 4.57 Å². The number of carbonyl (C=O) groups excluding carboxylic acids is 1. The Labute approximate surface area is 131 Å². The normalized spacial score (nSPS) is 22.2. The summed E-state index contributed by atoms with van der Waals surface area (Å²) in [5.74, 6) is 0.639. The lowest BCUT2D eigenvalue weighted by atomic mass is 9.79. The number of aryl methyl sites for hydroxylation is 1. The number of halogens is 1. The van der Waals surface area contributed by atoms with Gasteiger partial charge in [0.2, 0.25) is 0 Å². The minimum Gasteiger partial charge on any atom is -0.396 e. The average molecular weight is 313 g/mol. The van der Waals surface area contributed by atoms with Gasteiger partial charge in [0.15, 0.2) is 0 Å². The van der Waals surface area contributed by atoms with E-state index in [9.17, 15) is 9.90 Å². The van der Waals surface area contributed by atoms with Gasteiger partial charge in [0.05, 0.1) is 5.02 Å². The third-order valence-electron chi connectivity index (χ3n) is 4.39. The van der Waals surface area contributed by atoms with Gasteiger partial charge in [-0.15, -0.1) is 0 Å². The molecule has 0 aromatic carbocycles. The van der Waals surface area contributed by atoms with Crippen LogP contribution in [0.25, 0.3) is 0 Å². The van der Waals surface area contributed by atoms with Crippen LogP contribution in [0.2, 0.25) is 5.02 Å². The molecule has 1 saturated carbocycles. The van der Waals surface area contributed by atoms with Crippen LogP contribution in [-0.2, 0) is 6.54 Å². The van der Waals surface area contributed by atoms with Crippen molar-refractivity contribution in [1.82, 2.24) is 9.88 Å². The third-order valence-corrected chi connectivity index (χ3v) is 4.59. The zero-order valence-corrected chi connectivity index (χ0v) is 13.4. The number of aliphatic hydroxyl groups excluding tert-OH is 1. The van der Waals surface area contributed by atoms with Crippen LogP contribution in [0.15, 0.2) is 12.3 Å². The average Bonchev–Trinajstić information content (AvgIpc) is 2.86. The second kappa shape index (κ2) is 7.85. The Kier molecular flexibility index (Phi) is 6.12. The fourth-order valence-electron chi connectivity index (χ4n) is 3.20.